The van der Waals surface area contributed by atoms with Crippen LogP contribution in [0, 0.1) is 6.92 Å². The number of oxazole rings is 1. The molecule has 0 aliphatic carbocycles. The van der Waals surface area contributed by atoms with Crippen molar-refractivity contribution in [1.29, 1.82) is 0 Å². The number of carbonyl (C=O) groups is 1. The molecular weight excluding hydrogens is 422 g/mol. The first kappa shape index (κ1) is 22.1. The van der Waals surface area contributed by atoms with Gasteiger partial charge in [-0.1, -0.05) is 30.3 Å². The molecule has 0 saturated heterocycles. The first-order chi connectivity index (χ1) is 16.0. The molecule has 8 nitrogen and oxygen atoms in total. The lowest BCUT2D eigenvalue weighted by Crippen LogP contribution is -2.04. The highest BCUT2D eigenvalue weighted by Gasteiger charge is 2.13. The minimum Gasteiger partial charge on any atom is -0.493 e. The van der Waals surface area contributed by atoms with Crippen LogP contribution in [0.2, 0.25) is 0 Å². The highest BCUT2D eigenvalue weighted by atomic mass is 16.5. The van der Waals surface area contributed by atoms with E-state index in [4.69, 9.17) is 19.0 Å². The first-order valence-electron chi connectivity index (χ1n) is 10.6. The van der Waals surface area contributed by atoms with Gasteiger partial charge in [-0.3, -0.25) is 9.48 Å². The van der Waals surface area contributed by atoms with Gasteiger partial charge in [0.05, 0.1) is 18.7 Å². The van der Waals surface area contributed by atoms with Gasteiger partial charge in [0.25, 0.3) is 0 Å². The molecule has 0 aliphatic heterocycles. The second-order valence-corrected chi connectivity index (χ2v) is 7.62. The third-order valence-corrected chi connectivity index (χ3v) is 5.03. The number of benzene rings is 2. The SMILES string of the molecule is Cc1oc(-c2ccccc2)nc1CCOc1ccc(COc2nn(C)cc2CC(=O)O)cc1. The zero-order valence-corrected chi connectivity index (χ0v) is 18.5. The van der Waals surface area contributed by atoms with E-state index < -0.39 is 5.97 Å². The predicted molar refractivity (Wildman–Crippen MR) is 121 cm³/mol. The summed E-state index contributed by atoms with van der Waals surface area (Å²) in [6.07, 6.45) is 2.16. The van der Waals surface area contributed by atoms with E-state index in [0.717, 1.165) is 28.3 Å². The van der Waals surface area contributed by atoms with E-state index in [0.29, 0.717) is 30.4 Å². The summed E-state index contributed by atoms with van der Waals surface area (Å²) in [5.41, 5.74) is 3.30. The third-order valence-electron chi connectivity index (χ3n) is 5.03. The Labute approximate surface area is 191 Å². The van der Waals surface area contributed by atoms with Crippen molar-refractivity contribution in [3.05, 3.63) is 83.4 Å². The molecule has 0 radical (unpaired) electrons. The molecule has 0 aliphatic rings. The molecule has 0 amide bonds. The van der Waals surface area contributed by atoms with Crippen LogP contribution < -0.4 is 9.47 Å². The molecule has 4 rings (SSSR count). The van der Waals surface area contributed by atoms with Crippen LogP contribution in [0.15, 0.2) is 65.2 Å². The third kappa shape index (κ3) is 5.79. The molecule has 0 spiro atoms. The predicted octanol–water partition coefficient (Wildman–Crippen LogP) is 4.21. The minimum absolute atomic E-state index is 0.131. The van der Waals surface area contributed by atoms with Gasteiger partial charge in [0.15, 0.2) is 0 Å². The average molecular weight is 447 g/mol. The van der Waals surface area contributed by atoms with E-state index in [9.17, 15) is 4.79 Å². The fourth-order valence-electron chi connectivity index (χ4n) is 3.39. The molecule has 2 aromatic carbocycles. The van der Waals surface area contributed by atoms with Crippen LogP contribution in [0.4, 0.5) is 0 Å². The number of hydrogen-bond donors (Lipinski definition) is 1. The van der Waals surface area contributed by atoms with E-state index >= 15 is 0 Å². The molecule has 4 aromatic rings. The highest BCUT2D eigenvalue weighted by Crippen LogP contribution is 2.22. The number of aromatic nitrogens is 3. The van der Waals surface area contributed by atoms with E-state index in [-0.39, 0.29) is 13.0 Å². The van der Waals surface area contributed by atoms with Crippen LogP contribution in [-0.2, 0) is 31.3 Å². The Hall–Kier alpha value is -4.07. The summed E-state index contributed by atoms with van der Waals surface area (Å²) in [7, 11) is 1.73. The van der Waals surface area contributed by atoms with Crippen molar-refractivity contribution >= 4 is 5.97 Å². The van der Waals surface area contributed by atoms with Crippen LogP contribution >= 0.6 is 0 Å². The second kappa shape index (κ2) is 10.0. The summed E-state index contributed by atoms with van der Waals surface area (Å²) >= 11 is 0. The van der Waals surface area contributed by atoms with Crippen molar-refractivity contribution in [3.8, 4) is 23.1 Å². The molecule has 0 unspecified atom stereocenters. The molecule has 0 fully saturated rings. The van der Waals surface area contributed by atoms with Crippen LogP contribution in [0.3, 0.4) is 0 Å². The van der Waals surface area contributed by atoms with Gasteiger partial charge in [-0.05, 0) is 36.8 Å². The monoisotopic (exact) mass is 447 g/mol. The summed E-state index contributed by atoms with van der Waals surface area (Å²) < 4.78 is 18.9. The Bertz CT molecular complexity index is 1210. The van der Waals surface area contributed by atoms with Crippen molar-refractivity contribution in [2.45, 2.75) is 26.4 Å². The fraction of sp³-hybridized carbons (Fsp3) is 0.240. The summed E-state index contributed by atoms with van der Waals surface area (Å²) in [5.74, 6) is 1.56. The topological polar surface area (TPSA) is 99.6 Å². The maximum Gasteiger partial charge on any atom is 0.308 e. The van der Waals surface area contributed by atoms with Crippen LogP contribution in [0.5, 0.6) is 11.6 Å². The molecule has 0 atom stereocenters. The van der Waals surface area contributed by atoms with Crippen molar-refractivity contribution in [1.82, 2.24) is 14.8 Å². The lowest BCUT2D eigenvalue weighted by Gasteiger charge is -2.08. The zero-order chi connectivity index (χ0) is 23.2. The molecule has 2 heterocycles. The van der Waals surface area contributed by atoms with Crippen LogP contribution in [0.25, 0.3) is 11.5 Å². The number of rotatable bonds is 10. The second-order valence-electron chi connectivity index (χ2n) is 7.62. The van der Waals surface area contributed by atoms with E-state index in [1.807, 2.05) is 61.5 Å². The molecule has 1 N–H and O–H groups in total. The lowest BCUT2D eigenvalue weighted by molar-refractivity contribution is -0.136. The van der Waals surface area contributed by atoms with E-state index in [1.165, 1.54) is 0 Å². The summed E-state index contributed by atoms with van der Waals surface area (Å²) in [6, 6.07) is 17.4. The normalized spacial score (nSPS) is 10.8. The molecule has 170 valence electrons. The smallest absolute Gasteiger partial charge is 0.308 e. The largest absolute Gasteiger partial charge is 0.493 e. The molecule has 0 bridgehead atoms. The van der Waals surface area contributed by atoms with Gasteiger partial charge in [0.1, 0.15) is 18.1 Å². The number of carboxylic acid groups (broad SMARTS) is 1. The Balaban J connectivity index is 1.28. The summed E-state index contributed by atoms with van der Waals surface area (Å²) in [6.45, 7) is 2.67. The number of aryl methyl sites for hydroxylation is 2. The van der Waals surface area contributed by atoms with Crippen LogP contribution in [-0.4, -0.2) is 32.4 Å². The number of carboxylic acids is 1. The molecule has 2 aromatic heterocycles. The van der Waals surface area contributed by atoms with Gasteiger partial charge in [-0.15, -0.1) is 5.10 Å². The van der Waals surface area contributed by atoms with Gasteiger partial charge in [-0.25, -0.2) is 4.98 Å². The molecular formula is C25H25N3O5. The number of aliphatic carboxylic acids is 1. The van der Waals surface area contributed by atoms with Gasteiger partial charge < -0.3 is 19.0 Å². The van der Waals surface area contributed by atoms with Gasteiger partial charge in [-0.2, -0.15) is 0 Å². The lowest BCUT2D eigenvalue weighted by atomic mass is 10.2. The Morgan fingerprint density at radius 3 is 2.58 bits per heavy atom. The summed E-state index contributed by atoms with van der Waals surface area (Å²) in [5, 5.41) is 13.2. The van der Waals surface area contributed by atoms with E-state index in [2.05, 4.69) is 10.1 Å². The van der Waals surface area contributed by atoms with Crippen molar-refractivity contribution < 1.29 is 23.8 Å². The van der Waals surface area contributed by atoms with Gasteiger partial charge >= 0.3 is 5.97 Å². The average Bonchev–Trinajstić information content (AvgIpc) is 3.35. The number of ether oxygens (including phenoxy) is 2. The number of nitrogens with zero attached hydrogens (tertiary/aromatic N) is 3. The number of hydrogen-bond acceptors (Lipinski definition) is 6. The zero-order valence-electron chi connectivity index (χ0n) is 18.5. The van der Waals surface area contributed by atoms with Crippen molar-refractivity contribution in [2.75, 3.05) is 6.61 Å². The summed E-state index contributed by atoms with van der Waals surface area (Å²) in [4.78, 5) is 15.6. The Morgan fingerprint density at radius 2 is 1.85 bits per heavy atom. The van der Waals surface area contributed by atoms with Crippen molar-refractivity contribution in [2.24, 2.45) is 7.05 Å². The van der Waals surface area contributed by atoms with E-state index in [1.54, 1.807) is 17.9 Å². The van der Waals surface area contributed by atoms with Gasteiger partial charge in [0.2, 0.25) is 11.8 Å². The molecule has 8 heteroatoms. The maximum atomic E-state index is 11.0. The maximum absolute atomic E-state index is 11.0. The molecule has 33 heavy (non-hydrogen) atoms. The van der Waals surface area contributed by atoms with Crippen LogP contribution in [0.1, 0.15) is 22.6 Å². The highest BCUT2D eigenvalue weighted by molar-refractivity contribution is 5.70. The van der Waals surface area contributed by atoms with Gasteiger partial charge in [0, 0.05) is 30.8 Å². The van der Waals surface area contributed by atoms with Crippen molar-refractivity contribution in [3.63, 3.8) is 0 Å². The fourth-order valence-corrected chi connectivity index (χ4v) is 3.39. The molecule has 0 saturated carbocycles. The standard InChI is InChI=1S/C25H25N3O5/c1-17-22(26-24(33-17)19-6-4-3-5-7-19)12-13-31-21-10-8-18(9-11-21)16-32-25-20(14-23(29)30)15-28(2)27-25/h3-11,15H,12-14,16H2,1-2H3,(H,29,30). The minimum atomic E-state index is -0.925. The quantitative estimate of drug-likeness (QED) is 0.389. The Kier molecular flexibility index (Phi) is 6.73. The Morgan fingerprint density at radius 1 is 1.09 bits per heavy atom. The first-order valence-corrected chi connectivity index (χ1v) is 10.6.